The van der Waals surface area contributed by atoms with E-state index in [2.05, 4.69) is 0 Å². The number of ketones is 4. The second-order valence-corrected chi connectivity index (χ2v) is 16.3. The highest BCUT2D eigenvalue weighted by atomic mass is 16.6. The van der Waals surface area contributed by atoms with Crippen molar-refractivity contribution in [3.8, 4) is 0 Å². The fourth-order valence-corrected chi connectivity index (χ4v) is 10.2. The Bertz CT molecular complexity index is 1910. The number of methoxy groups -OCH3 is 1. The van der Waals surface area contributed by atoms with Crippen LogP contribution >= 0.6 is 0 Å². The molecule has 0 amide bonds. The second-order valence-electron chi connectivity index (χ2n) is 16.3. The van der Waals surface area contributed by atoms with Crippen molar-refractivity contribution in [1.82, 2.24) is 0 Å². The van der Waals surface area contributed by atoms with Crippen LogP contribution in [0.3, 0.4) is 0 Å². The number of esters is 2. The summed E-state index contributed by atoms with van der Waals surface area (Å²) in [6.45, 7) is 11.1. The summed E-state index contributed by atoms with van der Waals surface area (Å²) < 4.78 is 17.6. The van der Waals surface area contributed by atoms with Gasteiger partial charge in [-0.1, -0.05) is 76.6 Å². The first kappa shape index (κ1) is 38.2. The Morgan fingerprint density at radius 3 is 2.04 bits per heavy atom. The molecule has 53 heavy (non-hydrogen) atoms. The van der Waals surface area contributed by atoms with Crippen molar-refractivity contribution >= 4 is 35.1 Å². The highest BCUT2D eigenvalue weighted by Gasteiger charge is 2.69. The zero-order valence-corrected chi connectivity index (χ0v) is 31.8. The topological polar surface area (TPSA) is 130 Å². The summed E-state index contributed by atoms with van der Waals surface area (Å²) in [6, 6.07) is 17.2. The van der Waals surface area contributed by atoms with Crippen LogP contribution in [0, 0.1) is 33.5 Å². The molecule has 9 heteroatoms. The van der Waals surface area contributed by atoms with Crippen molar-refractivity contribution < 1.29 is 43.0 Å². The Morgan fingerprint density at radius 1 is 0.849 bits per heavy atom. The summed E-state index contributed by atoms with van der Waals surface area (Å²) >= 11 is 0. The van der Waals surface area contributed by atoms with Gasteiger partial charge in [-0.25, -0.2) is 9.59 Å². The molecule has 0 saturated heterocycles. The van der Waals surface area contributed by atoms with Crippen molar-refractivity contribution in [3.05, 3.63) is 94.6 Å². The van der Waals surface area contributed by atoms with Gasteiger partial charge in [0.2, 0.25) is 0 Å². The van der Waals surface area contributed by atoms with Crippen molar-refractivity contribution in [1.29, 1.82) is 0 Å². The van der Waals surface area contributed by atoms with Gasteiger partial charge < -0.3 is 14.2 Å². The number of carbonyl (C=O) groups excluding carboxylic acids is 6. The van der Waals surface area contributed by atoms with Crippen LogP contribution in [-0.4, -0.2) is 61.0 Å². The third-order valence-electron chi connectivity index (χ3n) is 13.4. The van der Waals surface area contributed by atoms with E-state index in [0.29, 0.717) is 41.5 Å². The minimum absolute atomic E-state index is 0.00163. The van der Waals surface area contributed by atoms with Gasteiger partial charge in [0, 0.05) is 53.8 Å². The first-order valence-electron chi connectivity index (χ1n) is 18.7. The summed E-state index contributed by atoms with van der Waals surface area (Å²) in [5, 5.41) is 0. The maximum atomic E-state index is 14.8. The smallest absolute Gasteiger partial charge is 0.338 e. The van der Waals surface area contributed by atoms with Crippen LogP contribution in [0.1, 0.15) is 101 Å². The zero-order valence-electron chi connectivity index (χ0n) is 31.8. The van der Waals surface area contributed by atoms with E-state index in [0.717, 1.165) is 0 Å². The molecule has 8 atom stereocenters. The molecule has 4 aliphatic carbocycles. The van der Waals surface area contributed by atoms with E-state index in [4.69, 9.17) is 14.2 Å². The summed E-state index contributed by atoms with van der Waals surface area (Å²) in [5.74, 6) is -2.82. The van der Waals surface area contributed by atoms with Crippen molar-refractivity contribution in [2.45, 2.75) is 92.3 Å². The molecule has 4 aliphatic rings. The molecular weight excluding hydrogens is 672 g/mol. The molecule has 0 bridgehead atoms. The van der Waals surface area contributed by atoms with Crippen LogP contribution in [0.15, 0.2) is 83.5 Å². The van der Waals surface area contributed by atoms with Gasteiger partial charge in [-0.15, -0.1) is 0 Å². The Hall–Kier alpha value is -4.50. The van der Waals surface area contributed by atoms with E-state index in [-0.39, 0.29) is 60.5 Å². The maximum absolute atomic E-state index is 14.8. The average Bonchev–Trinajstić information content (AvgIpc) is 3.35. The molecule has 9 nitrogen and oxygen atoms in total. The van der Waals surface area contributed by atoms with E-state index < -0.39 is 51.7 Å². The molecule has 0 spiro atoms. The number of hydrogen-bond donors (Lipinski definition) is 0. The van der Waals surface area contributed by atoms with Gasteiger partial charge in [-0.05, 0) is 68.4 Å². The highest BCUT2D eigenvalue weighted by molar-refractivity contribution is 6.19. The normalized spacial score (nSPS) is 31.8. The van der Waals surface area contributed by atoms with Gasteiger partial charge in [0.05, 0.1) is 16.5 Å². The molecule has 2 aromatic rings. The van der Waals surface area contributed by atoms with Crippen LogP contribution < -0.4 is 0 Å². The highest BCUT2D eigenvalue weighted by Crippen LogP contribution is 2.69. The van der Waals surface area contributed by atoms with E-state index >= 15 is 0 Å². The SMILES string of the molecule is CC[C@@H](OC)C(=O)C[C@@H](C)C1=CC(=O)[C@@]2(C)C3=C(C(=O)C[C@]12C)[C@@]1(C)CC[C@H](OC(=O)c2ccccc2)[C@](C)(COC(=O)c2ccccc2)[C@@H]1CC3=O. The Balaban J connectivity index is 1.39. The lowest BCUT2D eigenvalue weighted by Gasteiger charge is -2.60. The van der Waals surface area contributed by atoms with Crippen LogP contribution in [0.4, 0.5) is 0 Å². The quantitative estimate of drug-likeness (QED) is 0.220. The van der Waals surface area contributed by atoms with E-state index in [1.807, 2.05) is 34.6 Å². The predicted octanol–water partition coefficient (Wildman–Crippen LogP) is 7.28. The third-order valence-corrected chi connectivity index (χ3v) is 13.4. The van der Waals surface area contributed by atoms with Crippen LogP contribution in [0.5, 0.6) is 0 Å². The zero-order chi connectivity index (χ0) is 38.5. The van der Waals surface area contributed by atoms with Gasteiger partial charge in [0.15, 0.2) is 23.1 Å². The molecule has 0 radical (unpaired) electrons. The fraction of sp³-hybridized carbons (Fsp3) is 0.500. The van der Waals surface area contributed by atoms with Gasteiger partial charge in [-0.2, -0.15) is 0 Å². The van der Waals surface area contributed by atoms with Gasteiger partial charge >= 0.3 is 11.9 Å². The van der Waals surface area contributed by atoms with E-state index in [1.165, 1.54) is 7.11 Å². The summed E-state index contributed by atoms with van der Waals surface area (Å²) in [4.78, 5) is 83.7. The Kier molecular flexibility index (Phi) is 10.1. The molecule has 280 valence electrons. The maximum Gasteiger partial charge on any atom is 0.338 e. The number of Topliss-reactive ketones (excluding diaryl/α,β-unsaturated/α-hetero) is 3. The van der Waals surface area contributed by atoms with Crippen molar-refractivity contribution in [2.75, 3.05) is 13.7 Å². The first-order valence-corrected chi connectivity index (χ1v) is 18.7. The number of allylic oxidation sites excluding steroid dienone is 4. The molecule has 0 N–H and O–H groups in total. The number of carbonyl (C=O) groups is 6. The van der Waals surface area contributed by atoms with E-state index in [9.17, 15) is 28.8 Å². The molecule has 0 aromatic heterocycles. The fourth-order valence-electron chi connectivity index (χ4n) is 10.2. The molecule has 2 aromatic carbocycles. The summed E-state index contributed by atoms with van der Waals surface area (Å²) in [5.41, 5.74) is -2.23. The molecule has 6 rings (SSSR count). The summed E-state index contributed by atoms with van der Waals surface area (Å²) in [7, 11) is 1.50. The van der Waals surface area contributed by atoms with Gasteiger partial charge in [0.1, 0.15) is 18.8 Å². The lowest BCUT2D eigenvalue weighted by molar-refractivity contribution is -0.152. The van der Waals surface area contributed by atoms with Crippen LogP contribution in [0.2, 0.25) is 0 Å². The van der Waals surface area contributed by atoms with Gasteiger partial charge in [-0.3, -0.25) is 19.2 Å². The van der Waals surface area contributed by atoms with E-state index in [1.54, 1.807) is 73.7 Å². The largest absolute Gasteiger partial charge is 0.461 e. The van der Waals surface area contributed by atoms with Crippen LogP contribution in [0.25, 0.3) is 0 Å². The standard InChI is InChI=1S/C44H50O9/c1-8-33(51-7)30(45)21-26(2)29-22-35(48)44(6)38-31(46)23-34-41(3,37(38)32(47)24-43(29,44)5)20-19-36(53-40(50)28-17-13-10-14-18-28)42(34,4)25-52-39(49)27-15-11-9-12-16-27/h9-18,22,26,33-34,36H,8,19-21,23-25H2,1-7H3/t26-,33-,34-,36+,41+,42-,43-,44+/m1/s1. The number of ether oxygens (including phenoxy) is 3. The molecule has 0 aliphatic heterocycles. The second kappa shape index (κ2) is 14.0. The molecule has 0 heterocycles. The lowest BCUT2D eigenvalue weighted by atomic mass is 9.42. The molecule has 0 unspecified atom stereocenters. The minimum atomic E-state index is -1.31. The van der Waals surface area contributed by atoms with Gasteiger partial charge in [0.25, 0.3) is 0 Å². The van der Waals surface area contributed by atoms with Crippen molar-refractivity contribution in [3.63, 3.8) is 0 Å². The number of hydrogen-bond acceptors (Lipinski definition) is 9. The monoisotopic (exact) mass is 722 g/mol. The number of fused-ring (bicyclic) bond motifs is 4. The Labute approximate surface area is 311 Å². The summed E-state index contributed by atoms with van der Waals surface area (Å²) in [6.07, 6.45) is 1.66. The third kappa shape index (κ3) is 6.05. The van der Waals surface area contributed by atoms with Crippen LogP contribution in [-0.2, 0) is 33.4 Å². The Morgan fingerprint density at radius 2 is 1.45 bits per heavy atom. The molecule has 1 saturated carbocycles. The molecular formula is C44H50O9. The first-order chi connectivity index (χ1) is 25.1. The number of benzene rings is 2. The lowest BCUT2D eigenvalue weighted by Crippen LogP contribution is -2.62. The molecule has 1 fully saturated rings. The van der Waals surface area contributed by atoms with Crippen molar-refractivity contribution in [2.24, 2.45) is 33.5 Å². The number of rotatable bonds is 11. The predicted molar refractivity (Wildman–Crippen MR) is 197 cm³/mol. The average molecular weight is 723 g/mol. The minimum Gasteiger partial charge on any atom is -0.461 e.